The summed E-state index contributed by atoms with van der Waals surface area (Å²) < 4.78 is 31.7. The second-order valence-corrected chi connectivity index (χ2v) is 5.53. The second-order valence-electron chi connectivity index (χ2n) is 5.53. The van der Waals surface area contributed by atoms with Gasteiger partial charge in [0.15, 0.2) is 0 Å². The van der Waals surface area contributed by atoms with Crippen LogP contribution in [0.25, 0.3) is 0 Å². The van der Waals surface area contributed by atoms with Crippen molar-refractivity contribution in [1.82, 2.24) is 10.2 Å². The maximum Gasteiger partial charge on any atom is 0.407 e. The van der Waals surface area contributed by atoms with Crippen molar-refractivity contribution in [2.75, 3.05) is 19.7 Å². The average molecular weight is 352 g/mol. The Hall–Kier alpha value is -1.97. The number of hydrogen-bond acceptors (Lipinski definition) is 5. The standard InChI is InChI=1S/C14H22F2N2O6/c1-2-3-8-24-13(23)17-9(11(20)21)4-6-18-7-5-10(19)14(15,16)12(18)22/h9-10,19H,2-8H2,1H3,(H,17,23)(H,20,21). The molecular weight excluding hydrogens is 330 g/mol. The van der Waals surface area contributed by atoms with Crippen molar-refractivity contribution in [1.29, 1.82) is 0 Å². The number of carboxylic acids is 1. The molecule has 1 saturated heterocycles. The number of nitrogens with zero attached hydrogens (tertiary/aromatic N) is 1. The molecule has 0 aromatic rings. The van der Waals surface area contributed by atoms with E-state index in [0.717, 1.165) is 11.3 Å². The Morgan fingerprint density at radius 2 is 2.17 bits per heavy atom. The van der Waals surface area contributed by atoms with Gasteiger partial charge in [0.25, 0.3) is 5.91 Å². The molecule has 0 aromatic heterocycles. The van der Waals surface area contributed by atoms with E-state index in [1.807, 2.05) is 6.92 Å². The lowest BCUT2D eigenvalue weighted by atomic mass is 10.0. The van der Waals surface area contributed by atoms with Crippen molar-refractivity contribution in [3.05, 3.63) is 0 Å². The Kier molecular flexibility index (Phi) is 7.33. The van der Waals surface area contributed by atoms with Gasteiger partial charge in [-0.25, -0.2) is 9.59 Å². The van der Waals surface area contributed by atoms with Gasteiger partial charge in [0.2, 0.25) is 0 Å². The molecule has 1 fully saturated rings. The number of aliphatic carboxylic acids is 1. The number of carbonyl (C=O) groups excluding carboxylic acids is 2. The van der Waals surface area contributed by atoms with Gasteiger partial charge in [0.1, 0.15) is 12.1 Å². The van der Waals surface area contributed by atoms with Crippen LogP contribution in [0.4, 0.5) is 13.6 Å². The smallest absolute Gasteiger partial charge is 0.407 e. The summed E-state index contributed by atoms with van der Waals surface area (Å²) in [4.78, 5) is 35.0. The van der Waals surface area contributed by atoms with E-state index in [9.17, 15) is 23.2 Å². The van der Waals surface area contributed by atoms with Crippen molar-refractivity contribution in [2.45, 2.75) is 50.7 Å². The molecule has 0 aromatic carbocycles. The maximum absolute atomic E-state index is 13.5. The van der Waals surface area contributed by atoms with Crippen molar-refractivity contribution in [3.63, 3.8) is 0 Å². The number of alkyl halides is 2. The minimum atomic E-state index is -3.89. The fourth-order valence-corrected chi connectivity index (χ4v) is 2.16. The van der Waals surface area contributed by atoms with Crippen LogP contribution in [0.2, 0.25) is 0 Å². The fourth-order valence-electron chi connectivity index (χ4n) is 2.16. The molecule has 2 amide bonds. The number of ether oxygens (including phenoxy) is 1. The Morgan fingerprint density at radius 1 is 1.50 bits per heavy atom. The molecule has 1 rings (SSSR count). The molecule has 0 aliphatic carbocycles. The molecule has 0 saturated carbocycles. The van der Waals surface area contributed by atoms with Crippen molar-refractivity contribution in [2.24, 2.45) is 0 Å². The molecule has 1 heterocycles. The zero-order valence-corrected chi connectivity index (χ0v) is 13.3. The van der Waals surface area contributed by atoms with E-state index in [1.165, 1.54) is 0 Å². The van der Waals surface area contributed by atoms with Crippen molar-refractivity contribution < 1.29 is 38.1 Å². The second kappa shape index (κ2) is 8.76. The molecule has 0 bridgehead atoms. The number of halogens is 2. The van der Waals surface area contributed by atoms with E-state index >= 15 is 0 Å². The van der Waals surface area contributed by atoms with Crippen LogP contribution in [0.15, 0.2) is 0 Å². The number of carboxylic acid groups (broad SMARTS) is 1. The first-order valence-electron chi connectivity index (χ1n) is 7.71. The molecule has 8 nitrogen and oxygen atoms in total. The largest absolute Gasteiger partial charge is 0.480 e. The molecular formula is C14H22F2N2O6. The molecule has 24 heavy (non-hydrogen) atoms. The molecule has 10 heteroatoms. The number of carbonyl (C=O) groups is 3. The van der Waals surface area contributed by atoms with Gasteiger partial charge in [-0.3, -0.25) is 4.79 Å². The molecule has 0 spiro atoms. The van der Waals surface area contributed by atoms with E-state index in [0.29, 0.717) is 6.42 Å². The molecule has 138 valence electrons. The number of unbranched alkanes of at least 4 members (excludes halogenated alkanes) is 1. The molecule has 2 unspecified atom stereocenters. The van der Waals surface area contributed by atoms with Gasteiger partial charge in [0.05, 0.1) is 6.61 Å². The molecule has 1 aliphatic rings. The zero-order valence-electron chi connectivity index (χ0n) is 13.3. The molecule has 1 aliphatic heterocycles. The van der Waals surface area contributed by atoms with E-state index < -0.39 is 36.0 Å². The zero-order chi connectivity index (χ0) is 18.3. The van der Waals surface area contributed by atoms with Crippen LogP contribution in [0.5, 0.6) is 0 Å². The van der Waals surface area contributed by atoms with E-state index in [-0.39, 0.29) is 32.5 Å². The SMILES string of the molecule is CCCCOC(=O)NC(CCN1CCC(O)C(F)(F)C1=O)C(=O)O. The number of alkyl carbamates (subject to hydrolysis) is 1. The van der Waals surface area contributed by atoms with Gasteiger partial charge >= 0.3 is 18.0 Å². The van der Waals surface area contributed by atoms with E-state index in [1.54, 1.807) is 0 Å². The normalized spacial score (nSPS) is 21.2. The predicted octanol–water partition coefficient (Wildman–Crippen LogP) is 0.585. The highest BCUT2D eigenvalue weighted by atomic mass is 19.3. The summed E-state index contributed by atoms with van der Waals surface area (Å²) in [5.74, 6) is -6.79. The van der Waals surface area contributed by atoms with Crippen LogP contribution in [0, 0.1) is 0 Å². The van der Waals surface area contributed by atoms with E-state index in [2.05, 4.69) is 5.32 Å². The van der Waals surface area contributed by atoms with Gasteiger partial charge in [-0.05, 0) is 19.3 Å². The minimum absolute atomic E-state index is 0.108. The van der Waals surface area contributed by atoms with Crippen LogP contribution in [0.1, 0.15) is 32.6 Å². The Balaban J connectivity index is 2.53. The first-order chi connectivity index (χ1) is 11.2. The molecule has 2 atom stereocenters. The van der Waals surface area contributed by atoms with Gasteiger partial charge in [0, 0.05) is 13.1 Å². The third-order valence-corrected chi connectivity index (χ3v) is 3.67. The van der Waals surface area contributed by atoms with E-state index in [4.69, 9.17) is 14.9 Å². The van der Waals surface area contributed by atoms with Crippen molar-refractivity contribution >= 4 is 18.0 Å². The summed E-state index contributed by atoms with van der Waals surface area (Å²) in [5.41, 5.74) is 0. The third-order valence-electron chi connectivity index (χ3n) is 3.67. The first-order valence-corrected chi connectivity index (χ1v) is 7.71. The summed E-state index contributed by atoms with van der Waals surface area (Å²) in [7, 11) is 0. The number of likely N-dealkylation sites (tertiary alicyclic amines) is 1. The fraction of sp³-hybridized carbons (Fsp3) is 0.786. The molecule has 3 N–H and O–H groups in total. The van der Waals surface area contributed by atoms with Crippen LogP contribution >= 0.6 is 0 Å². The van der Waals surface area contributed by atoms with Crippen molar-refractivity contribution in [3.8, 4) is 0 Å². The predicted molar refractivity (Wildman–Crippen MR) is 77.6 cm³/mol. The van der Waals surface area contributed by atoms with Gasteiger partial charge < -0.3 is 25.2 Å². The van der Waals surface area contributed by atoms with Gasteiger partial charge in [-0.1, -0.05) is 13.3 Å². The number of nitrogens with one attached hydrogen (secondary N) is 1. The minimum Gasteiger partial charge on any atom is -0.480 e. The Labute approximate surface area is 137 Å². The quantitative estimate of drug-likeness (QED) is 0.551. The number of piperidine rings is 1. The summed E-state index contributed by atoms with van der Waals surface area (Å²) in [6, 6.07) is -1.37. The topological polar surface area (TPSA) is 116 Å². The number of rotatable bonds is 8. The van der Waals surface area contributed by atoms with Crippen LogP contribution in [0.3, 0.4) is 0 Å². The number of aliphatic hydroxyl groups excluding tert-OH is 1. The summed E-state index contributed by atoms with van der Waals surface area (Å²) >= 11 is 0. The Bertz CT molecular complexity index is 474. The number of amides is 2. The summed E-state index contributed by atoms with van der Waals surface area (Å²) in [5, 5.41) is 20.3. The number of aliphatic hydroxyl groups is 1. The van der Waals surface area contributed by atoms with Crippen LogP contribution in [-0.4, -0.2) is 70.8 Å². The number of hydrogen-bond donors (Lipinski definition) is 3. The molecule has 0 radical (unpaired) electrons. The maximum atomic E-state index is 13.5. The lowest BCUT2D eigenvalue weighted by Gasteiger charge is -2.35. The average Bonchev–Trinajstić information content (AvgIpc) is 2.51. The highest BCUT2D eigenvalue weighted by Gasteiger charge is 2.51. The van der Waals surface area contributed by atoms with Gasteiger partial charge in [-0.15, -0.1) is 0 Å². The lowest BCUT2D eigenvalue weighted by Crippen LogP contribution is -2.57. The van der Waals surface area contributed by atoms with Gasteiger partial charge in [-0.2, -0.15) is 8.78 Å². The highest BCUT2D eigenvalue weighted by molar-refractivity contribution is 5.85. The third kappa shape index (κ3) is 5.29. The monoisotopic (exact) mass is 352 g/mol. The highest BCUT2D eigenvalue weighted by Crippen LogP contribution is 2.28. The first kappa shape index (κ1) is 20.1. The summed E-state index contributed by atoms with van der Waals surface area (Å²) in [6.45, 7) is 1.64. The van der Waals surface area contributed by atoms with Crippen LogP contribution in [-0.2, 0) is 14.3 Å². The summed E-state index contributed by atoms with van der Waals surface area (Å²) in [6.07, 6.45) is -2.08. The Morgan fingerprint density at radius 3 is 2.75 bits per heavy atom. The van der Waals surface area contributed by atoms with Crippen LogP contribution < -0.4 is 5.32 Å². The lowest BCUT2D eigenvalue weighted by molar-refractivity contribution is -0.185.